The van der Waals surface area contributed by atoms with E-state index in [0.29, 0.717) is 24.3 Å². The molecule has 5 nitrogen and oxygen atoms in total. The predicted octanol–water partition coefficient (Wildman–Crippen LogP) is 1.58. The van der Waals surface area contributed by atoms with Crippen LogP contribution in [0.2, 0.25) is 0 Å². The van der Waals surface area contributed by atoms with Crippen LogP contribution in [0.3, 0.4) is 0 Å². The molecule has 1 aliphatic rings. The van der Waals surface area contributed by atoms with Crippen molar-refractivity contribution in [2.75, 3.05) is 18.6 Å². The third-order valence-electron chi connectivity index (χ3n) is 3.51. The number of hydrogen-bond acceptors (Lipinski definition) is 3. The van der Waals surface area contributed by atoms with E-state index in [-0.39, 0.29) is 17.9 Å². The summed E-state index contributed by atoms with van der Waals surface area (Å²) >= 11 is 0. The number of ether oxygens (including phenoxy) is 1. The zero-order chi connectivity index (χ0) is 14.7. The topological polar surface area (TPSA) is 58.6 Å². The zero-order valence-corrected chi connectivity index (χ0v) is 12.1. The summed E-state index contributed by atoms with van der Waals surface area (Å²) in [6, 6.07) is 6.55. The lowest BCUT2D eigenvalue weighted by molar-refractivity contribution is -0.121. The Bertz CT molecular complexity index is 516. The van der Waals surface area contributed by atoms with Gasteiger partial charge < -0.3 is 15.0 Å². The number of rotatable bonds is 4. The summed E-state index contributed by atoms with van der Waals surface area (Å²) in [7, 11) is 1.60. The second kappa shape index (κ2) is 6.05. The molecule has 108 valence electrons. The van der Waals surface area contributed by atoms with Crippen molar-refractivity contribution < 1.29 is 14.3 Å². The lowest BCUT2D eigenvalue weighted by Crippen LogP contribution is -2.49. The van der Waals surface area contributed by atoms with Gasteiger partial charge >= 0.3 is 0 Å². The molecule has 2 rings (SSSR count). The Kier molecular flexibility index (Phi) is 4.39. The second-order valence-electron chi connectivity index (χ2n) is 4.96. The molecule has 0 saturated carbocycles. The van der Waals surface area contributed by atoms with Gasteiger partial charge in [-0.15, -0.1) is 0 Å². The molecule has 2 unspecified atom stereocenters. The highest BCUT2D eigenvalue weighted by molar-refractivity contribution is 6.11. The summed E-state index contributed by atoms with van der Waals surface area (Å²) in [5.41, 5.74) is 1.18. The summed E-state index contributed by atoms with van der Waals surface area (Å²) in [6.07, 6.45) is 0.564. The van der Waals surface area contributed by atoms with Gasteiger partial charge in [0.1, 0.15) is 6.04 Å². The van der Waals surface area contributed by atoms with E-state index < -0.39 is 6.04 Å². The summed E-state index contributed by atoms with van der Waals surface area (Å²) < 4.78 is 5.16. The fraction of sp³-hybridized carbons (Fsp3) is 0.467. The van der Waals surface area contributed by atoms with Gasteiger partial charge in [0.05, 0.1) is 23.9 Å². The summed E-state index contributed by atoms with van der Waals surface area (Å²) in [6.45, 7) is 4.23. The van der Waals surface area contributed by atoms with Crippen molar-refractivity contribution in [1.82, 2.24) is 5.32 Å². The van der Waals surface area contributed by atoms with E-state index in [9.17, 15) is 9.59 Å². The van der Waals surface area contributed by atoms with Crippen LogP contribution in [0.25, 0.3) is 0 Å². The van der Waals surface area contributed by atoms with Crippen molar-refractivity contribution in [3.63, 3.8) is 0 Å². The number of para-hydroxylation sites is 1. The highest BCUT2D eigenvalue weighted by Gasteiger charge is 2.34. The van der Waals surface area contributed by atoms with Gasteiger partial charge in [0, 0.05) is 7.11 Å². The Morgan fingerprint density at radius 3 is 2.70 bits per heavy atom. The molecule has 0 aliphatic carbocycles. The first-order valence-corrected chi connectivity index (χ1v) is 6.82. The van der Waals surface area contributed by atoms with Crippen LogP contribution in [-0.2, 0) is 9.53 Å². The molecule has 1 aromatic rings. The number of hydrogen-bond donors (Lipinski definition) is 1. The van der Waals surface area contributed by atoms with E-state index in [2.05, 4.69) is 5.32 Å². The van der Waals surface area contributed by atoms with Gasteiger partial charge in [0.15, 0.2) is 0 Å². The molecular formula is C15H20N2O3. The smallest absolute Gasteiger partial charge is 0.254 e. The summed E-state index contributed by atoms with van der Waals surface area (Å²) in [5.74, 6) is -0.289. The average molecular weight is 276 g/mol. The van der Waals surface area contributed by atoms with E-state index in [4.69, 9.17) is 4.74 Å². The van der Waals surface area contributed by atoms with Crippen LogP contribution in [0.5, 0.6) is 0 Å². The van der Waals surface area contributed by atoms with Crippen molar-refractivity contribution in [1.29, 1.82) is 0 Å². The minimum Gasteiger partial charge on any atom is -0.383 e. The minimum absolute atomic E-state index is 0.0876. The molecule has 0 bridgehead atoms. The highest BCUT2D eigenvalue weighted by Crippen LogP contribution is 2.26. The van der Waals surface area contributed by atoms with Gasteiger partial charge in [-0.25, -0.2) is 0 Å². The first-order chi connectivity index (χ1) is 9.60. The number of carbonyl (C=O) groups is 2. The van der Waals surface area contributed by atoms with E-state index >= 15 is 0 Å². The Hall–Kier alpha value is -1.88. The third kappa shape index (κ3) is 2.54. The van der Waals surface area contributed by atoms with E-state index in [0.717, 1.165) is 0 Å². The number of nitrogens with zero attached hydrogens (tertiary/aromatic N) is 1. The zero-order valence-electron chi connectivity index (χ0n) is 12.1. The maximum Gasteiger partial charge on any atom is 0.254 e. The van der Waals surface area contributed by atoms with Crippen molar-refractivity contribution in [2.45, 2.75) is 32.4 Å². The molecule has 0 saturated heterocycles. The number of anilines is 1. The Morgan fingerprint density at radius 1 is 1.35 bits per heavy atom. The predicted molar refractivity (Wildman–Crippen MR) is 76.8 cm³/mol. The molecule has 5 heteroatoms. The van der Waals surface area contributed by atoms with Crippen molar-refractivity contribution in [2.24, 2.45) is 0 Å². The first kappa shape index (κ1) is 14.5. The van der Waals surface area contributed by atoms with Crippen molar-refractivity contribution in [3.05, 3.63) is 29.8 Å². The molecule has 20 heavy (non-hydrogen) atoms. The van der Waals surface area contributed by atoms with E-state index in [1.54, 1.807) is 30.2 Å². The monoisotopic (exact) mass is 276 g/mol. The molecule has 0 radical (unpaired) electrons. The molecule has 1 aliphatic heterocycles. The molecule has 0 fully saturated rings. The summed E-state index contributed by atoms with van der Waals surface area (Å²) in [5, 5.41) is 2.79. The van der Waals surface area contributed by atoms with Crippen LogP contribution in [0.15, 0.2) is 24.3 Å². The average Bonchev–Trinajstić information content (AvgIpc) is 2.55. The number of fused-ring (bicyclic) bond motifs is 1. The van der Waals surface area contributed by atoms with Gasteiger partial charge in [-0.1, -0.05) is 19.1 Å². The Labute approximate surface area is 118 Å². The van der Waals surface area contributed by atoms with Gasteiger partial charge in [0.2, 0.25) is 5.91 Å². The van der Waals surface area contributed by atoms with Crippen LogP contribution in [0, 0.1) is 0 Å². The van der Waals surface area contributed by atoms with E-state index in [1.807, 2.05) is 19.9 Å². The number of benzene rings is 1. The lowest BCUT2D eigenvalue weighted by atomic mass is 10.1. The lowest BCUT2D eigenvalue weighted by Gasteiger charge is -2.30. The van der Waals surface area contributed by atoms with Gasteiger partial charge in [-0.2, -0.15) is 0 Å². The molecule has 2 atom stereocenters. The molecule has 0 spiro atoms. The normalized spacial score (nSPS) is 20.1. The number of carbonyl (C=O) groups excluding carboxylic acids is 2. The summed E-state index contributed by atoms with van der Waals surface area (Å²) in [4.78, 5) is 26.6. The van der Waals surface area contributed by atoms with Crippen molar-refractivity contribution in [3.8, 4) is 0 Å². The Morgan fingerprint density at radius 2 is 2.05 bits per heavy atom. The van der Waals surface area contributed by atoms with Crippen LogP contribution in [0.4, 0.5) is 5.69 Å². The van der Waals surface area contributed by atoms with Crippen LogP contribution < -0.4 is 10.2 Å². The first-order valence-electron chi connectivity index (χ1n) is 6.82. The molecule has 1 aromatic carbocycles. The van der Waals surface area contributed by atoms with Gasteiger partial charge in [-0.05, 0) is 25.5 Å². The van der Waals surface area contributed by atoms with Crippen LogP contribution >= 0.6 is 0 Å². The number of methoxy groups -OCH3 is 1. The molecular weight excluding hydrogens is 256 g/mol. The fourth-order valence-electron chi connectivity index (χ4n) is 2.51. The standard InChI is InChI=1S/C15H20N2O3/c1-4-12-15(19)17(10(2)9-20-3)13-8-6-5-7-11(13)14(18)16-12/h5-8,10,12H,4,9H2,1-3H3,(H,16,18). The maximum atomic E-state index is 12.7. The van der Waals surface area contributed by atoms with Gasteiger partial charge in [0.25, 0.3) is 5.91 Å². The molecule has 0 aromatic heterocycles. The fourth-order valence-corrected chi connectivity index (χ4v) is 2.51. The highest BCUT2D eigenvalue weighted by atomic mass is 16.5. The maximum absolute atomic E-state index is 12.7. The van der Waals surface area contributed by atoms with Crippen LogP contribution in [0.1, 0.15) is 30.6 Å². The van der Waals surface area contributed by atoms with E-state index in [1.165, 1.54) is 0 Å². The Balaban J connectivity index is 2.51. The number of amides is 2. The minimum atomic E-state index is -0.491. The SMILES string of the molecule is CCC1NC(=O)c2ccccc2N(C(C)COC)C1=O. The molecule has 2 amide bonds. The second-order valence-corrected chi connectivity index (χ2v) is 4.96. The third-order valence-corrected chi connectivity index (χ3v) is 3.51. The largest absolute Gasteiger partial charge is 0.383 e. The molecule has 1 N–H and O–H groups in total. The molecule has 1 heterocycles. The van der Waals surface area contributed by atoms with Crippen LogP contribution in [-0.4, -0.2) is 37.6 Å². The number of nitrogens with one attached hydrogen (secondary N) is 1. The van der Waals surface area contributed by atoms with Crippen molar-refractivity contribution >= 4 is 17.5 Å². The quantitative estimate of drug-likeness (QED) is 0.908. The van der Waals surface area contributed by atoms with Gasteiger partial charge in [-0.3, -0.25) is 9.59 Å².